The first-order valence-corrected chi connectivity index (χ1v) is 8.99. The molecule has 1 aromatic rings. The molecule has 1 aliphatic carbocycles. The van der Waals surface area contributed by atoms with E-state index in [4.69, 9.17) is 9.47 Å². The number of nitrogens with one attached hydrogen (secondary N) is 1. The molecule has 25 heavy (non-hydrogen) atoms. The number of ether oxygens (including phenoxy) is 2. The van der Waals surface area contributed by atoms with Gasteiger partial charge in [0, 0.05) is 13.2 Å². The van der Waals surface area contributed by atoms with E-state index in [0.717, 1.165) is 25.0 Å². The van der Waals surface area contributed by atoms with Crippen LogP contribution in [0.25, 0.3) is 0 Å². The van der Waals surface area contributed by atoms with Gasteiger partial charge in [0.2, 0.25) is 5.91 Å². The predicted octanol–water partition coefficient (Wildman–Crippen LogP) is 2.61. The second-order valence-electron chi connectivity index (χ2n) is 6.62. The summed E-state index contributed by atoms with van der Waals surface area (Å²) in [7, 11) is 0. The first-order chi connectivity index (χ1) is 12.2. The molecule has 1 amide bonds. The van der Waals surface area contributed by atoms with E-state index in [-0.39, 0.29) is 30.5 Å². The van der Waals surface area contributed by atoms with Gasteiger partial charge in [-0.1, -0.05) is 42.5 Å². The molecule has 1 fully saturated rings. The molecule has 0 spiro atoms. The zero-order valence-corrected chi connectivity index (χ0v) is 14.4. The van der Waals surface area contributed by atoms with Crippen LogP contribution in [0.2, 0.25) is 0 Å². The van der Waals surface area contributed by atoms with Crippen molar-refractivity contribution in [3.63, 3.8) is 0 Å². The average molecular weight is 343 g/mol. The summed E-state index contributed by atoms with van der Waals surface area (Å²) in [5.74, 6) is -1.17. The van der Waals surface area contributed by atoms with Crippen molar-refractivity contribution in [1.82, 2.24) is 5.32 Å². The minimum atomic E-state index is -0.415. The molecule has 5 nitrogen and oxygen atoms in total. The van der Waals surface area contributed by atoms with E-state index in [1.165, 1.54) is 0 Å². The standard InChI is InChI=1S/C20H25NO4/c22-19(21-13-15-7-2-1-3-8-15)17-10-4-5-11-18(17)20(23)25-14-16-9-6-12-24-16/h1-5,7-8,16-18H,6,9-14H2,(H,21,22). The molecule has 1 saturated heterocycles. The number of hydrogen-bond acceptors (Lipinski definition) is 4. The molecule has 1 aliphatic heterocycles. The van der Waals surface area contributed by atoms with Crippen LogP contribution in [0.3, 0.4) is 0 Å². The minimum absolute atomic E-state index is 0.00781. The second-order valence-corrected chi connectivity index (χ2v) is 6.62. The molecule has 0 bridgehead atoms. The lowest BCUT2D eigenvalue weighted by Crippen LogP contribution is -2.39. The highest BCUT2D eigenvalue weighted by atomic mass is 16.6. The van der Waals surface area contributed by atoms with Crippen LogP contribution in [-0.2, 0) is 25.6 Å². The summed E-state index contributed by atoms with van der Waals surface area (Å²) in [5, 5.41) is 2.95. The Morgan fingerprint density at radius 2 is 1.88 bits per heavy atom. The van der Waals surface area contributed by atoms with Crippen LogP contribution in [0.15, 0.2) is 42.5 Å². The van der Waals surface area contributed by atoms with Gasteiger partial charge in [-0.2, -0.15) is 0 Å². The number of allylic oxidation sites excluding steroid dienone is 2. The van der Waals surface area contributed by atoms with E-state index in [1.54, 1.807) is 0 Å². The molecule has 0 aromatic heterocycles. The third-order valence-electron chi connectivity index (χ3n) is 4.82. The smallest absolute Gasteiger partial charge is 0.310 e. The highest BCUT2D eigenvalue weighted by Crippen LogP contribution is 2.27. The van der Waals surface area contributed by atoms with Crippen molar-refractivity contribution in [1.29, 1.82) is 0 Å². The predicted molar refractivity (Wildman–Crippen MR) is 93.6 cm³/mol. The normalized spacial score (nSPS) is 25.5. The van der Waals surface area contributed by atoms with Gasteiger partial charge in [-0.3, -0.25) is 9.59 Å². The molecule has 3 unspecified atom stereocenters. The third-order valence-corrected chi connectivity index (χ3v) is 4.82. The highest BCUT2D eigenvalue weighted by Gasteiger charge is 2.35. The Bertz CT molecular complexity index is 607. The van der Waals surface area contributed by atoms with Crippen molar-refractivity contribution in [2.75, 3.05) is 13.2 Å². The number of hydrogen-bond donors (Lipinski definition) is 1. The lowest BCUT2D eigenvalue weighted by molar-refractivity contribution is -0.156. The Hall–Kier alpha value is -2.14. The summed E-state index contributed by atoms with van der Waals surface area (Å²) in [6.45, 7) is 1.49. The maximum absolute atomic E-state index is 12.6. The summed E-state index contributed by atoms with van der Waals surface area (Å²) in [6.07, 6.45) is 7.00. The molecule has 1 N–H and O–H groups in total. The Morgan fingerprint density at radius 1 is 1.12 bits per heavy atom. The molecular formula is C20H25NO4. The summed E-state index contributed by atoms with van der Waals surface area (Å²) >= 11 is 0. The number of carbonyl (C=O) groups excluding carboxylic acids is 2. The second kappa shape index (κ2) is 8.81. The largest absolute Gasteiger partial charge is 0.463 e. The Kier molecular flexibility index (Phi) is 6.23. The molecule has 3 atom stereocenters. The van der Waals surface area contributed by atoms with Gasteiger partial charge >= 0.3 is 5.97 Å². The monoisotopic (exact) mass is 343 g/mol. The molecule has 2 aliphatic rings. The van der Waals surface area contributed by atoms with E-state index >= 15 is 0 Å². The lowest BCUT2D eigenvalue weighted by atomic mass is 9.82. The van der Waals surface area contributed by atoms with Crippen molar-refractivity contribution < 1.29 is 19.1 Å². The zero-order chi connectivity index (χ0) is 17.5. The van der Waals surface area contributed by atoms with E-state index in [2.05, 4.69) is 5.32 Å². The van der Waals surface area contributed by atoms with E-state index in [9.17, 15) is 9.59 Å². The summed E-state index contributed by atoms with van der Waals surface area (Å²) < 4.78 is 10.9. The van der Waals surface area contributed by atoms with Gasteiger partial charge in [0.25, 0.3) is 0 Å². The number of benzene rings is 1. The summed E-state index contributed by atoms with van der Waals surface area (Å²) in [4.78, 5) is 25.0. The Morgan fingerprint density at radius 3 is 2.60 bits per heavy atom. The molecular weight excluding hydrogens is 318 g/mol. The molecule has 5 heteroatoms. The maximum Gasteiger partial charge on any atom is 0.310 e. The fourth-order valence-electron chi connectivity index (χ4n) is 3.34. The Balaban J connectivity index is 1.53. The van der Waals surface area contributed by atoms with Gasteiger partial charge in [-0.25, -0.2) is 0 Å². The van der Waals surface area contributed by atoms with Gasteiger partial charge in [0.05, 0.1) is 17.9 Å². The first kappa shape index (κ1) is 17.7. The quantitative estimate of drug-likeness (QED) is 0.637. The van der Waals surface area contributed by atoms with E-state index in [0.29, 0.717) is 19.4 Å². The van der Waals surface area contributed by atoms with Crippen LogP contribution < -0.4 is 5.32 Å². The van der Waals surface area contributed by atoms with Gasteiger partial charge in [-0.05, 0) is 31.2 Å². The maximum atomic E-state index is 12.6. The molecule has 1 heterocycles. The zero-order valence-electron chi connectivity index (χ0n) is 14.4. The van der Waals surface area contributed by atoms with Crippen LogP contribution in [0.1, 0.15) is 31.2 Å². The van der Waals surface area contributed by atoms with Crippen LogP contribution in [0, 0.1) is 11.8 Å². The lowest BCUT2D eigenvalue weighted by Gasteiger charge is -2.26. The van der Waals surface area contributed by atoms with Crippen molar-refractivity contribution in [3.8, 4) is 0 Å². The fourth-order valence-corrected chi connectivity index (χ4v) is 3.34. The van der Waals surface area contributed by atoms with Crippen LogP contribution in [0.4, 0.5) is 0 Å². The van der Waals surface area contributed by atoms with Gasteiger partial charge < -0.3 is 14.8 Å². The average Bonchev–Trinajstić information content (AvgIpc) is 3.18. The molecule has 0 saturated carbocycles. The van der Waals surface area contributed by atoms with Crippen molar-refractivity contribution in [3.05, 3.63) is 48.0 Å². The van der Waals surface area contributed by atoms with Crippen LogP contribution in [0.5, 0.6) is 0 Å². The van der Waals surface area contributed by atoms with Crippen LogP contribution in [-0.4, -0.2) is 31.2 Å². The van der Waals surface area contributed by atoms with Crippen molar-refractivity contribution in [2.24, 2.45) is 11.8 Å². The number of rotatable bonds is 6. The molecule has 134 valence electrons. The van der Waals surface area contributed by atoms with Crippen LogP contribution >= 0.6 is 0 Å². The van der Waals surface area contributed by atoms with E-state index in [1.807, 2.05) is 42.5 Å². The highest BCUT2D eigenvalue weighted by molar-refractivity contribution is 5.86. The van der Waals surface area contributed by atoms with Crippen molar-refractivity contribution in [2.45, 2.75) is 38.3 Å². The molecule has 1 aromatic carbocycles. The summed E-state index contributed by atoms with van der Waals surface area (Å²) in [5.41, 5.74) is 1.04. The summed E-state index contributed by atoms with van der Waals surface area (Å²) in [6, 6.07) is 9.76. The van der Waals surface area contributed by atoms with Crippen molar-refractivity contribution >= 4 is 11.9 Å². The SMILES string of the molecule is O=C(NCc1ccccc1)C1CC=CCC1C(=O)OCC1CCCO1. The van der Waals surface area contributed by atoms with Gasteiger partial charge in [0.1, 0.15) is 6.61 Å². The number of amides is 1. The first-order valence-electron chi connectivity index (χ1n) is 8.99. The molecule has 0 radical (unpaired) electrons. The van der Waals surface area contributed by atoms with Gasteiger partial charge in [-0.15, -0.1) is 0 Å². The minimum Gasteiger partial charge on any atom is -0.463 e. The van der Waals surface area contributed by atoms with Gasteiger partial charge in [0.15, 0.2) is 0 Å². The Labute approximate surface area is 148 Å². The topological polar surface area (TPSA) is 64.6 Å². The fraction of sp³-hybridized carbons (Fsp3) is 0.500. The number of carbonyl (C=O) groups is 2. The number of esters is 1. The van der Waals surface area contributed by atoms with E-state index < -0.39 is 5.92 Å². The molecule has 3 rings (SSSR count). The third kappa shape index (κ3) is 4.92.